The molecule has 2 N–H and O–H groups in total. The number of rotatable bonds is 1. The zero-order valence-corrected chi connectivity index (χ0v) is 13.6. The van der Waals surface area contributed by atoms with Gasteiger partial charge in [0.05, 0.1) is 17.7 Å². The molecule has 5 aliphatic heterocycles. The molecule has 1 aliphatic carbocycles. The van der Waals surface area contributed by atoms with Crippen LogP contribution in [0.1, 0.15) is 51.4 Å². The van der Waals surface area contributed by atoms with Gasteiger partial charge in [-0.1, -0.05) is 12.8 Å². The van der Waals surface area contributed by atoms with E-state index in [0.717, 1.165) is 37.9 Å². The second kappa shape index (κ2) is 5.04. The zero-order valence-electron chi connectivity index (χ0n) is 13.6. The average molecular weight is 318 g/mol. The van der Waals surface area contributed by atoms with E-state index in [1.54, 1.807) is 0 Å². The van der Waals surface area contributed by atoms with E-state index in [4.69, 9.17) is 4.74 Å². The van der Waals surface area contributed by atoms with E-state index < -0.39 is 5.60 Å². The highest BCUT2D eigenvalue weighted by Gasteiger charge is 2.65. The van der Waals surface area contributed by atoms with Crippen LogP contribution in [0.15, 0.2) is 11.1 Å². The lowest BCUT2D eigenvalue weighted by Crippen LogP contribution is -2.71. The Hall–Kier alpha value is -0.910. The summed E-state index contributed by atoms with van der Waals surface area (Å²) in [5.74, 6) is -0.111. The molecule has 2 bridgehead atoms. The Bertz CT molecular complexity index is 569. The molecule has 0 aromatic rings. The number of hydrogen-bond donors (Lipinski definition) is 2. The summed E-state index contributed by atoms with van der Waals surface area (Å²) in [5.41, 5.74) is 1.63. The first kappa shape index (κ1) is 14.4. The van der Waals surface area contributed by atoms with Crippen LogP contribution in [0.3, 0.4) is 0 Å². The molecule has 0 amide bonds. The monoisotopic (exact) mass is 318 g/mol. The SMILES string of the molecule is O=C1O[C@@]23C[C@@H](O)[C@@H](CC2=C1[C@H]1CCCCN1)N1CCCC[C@H]13. The van der Waals surface area contributed by atoms with E-state index in [-0.39, 0.29) is 24.2 Å². The lowest BCUT2D eigenvalue weighted by molar-refractivity contribution is -0.188. The third-order valence-corrected chi connectivity index (χ3v) is 6.87. The molecule has 23 heavy (non-hydrogen) atoms. The lowest BCUT2D eigenvalue weighted by atomic mass is 9.63. The third kappa shape index (κ3) is 1.87. The number of hydrogen-bond acceptors (Lipinski definition) is 5. The van der Waals surface area contributed by atoms with Crippen molar-refractivity contribution in [2.45, 2.75) is 81.2 Å². The Balaban J connectivity index is 1.59. The molecular formula is C18H26N2O3. The summed E-state index contributed by atoms with van der Waals surface area (Å²) in [5, 5.41) is 14.1. The van der Waals surface area contributed by atoms with E-state index in [9.17, 15) is 9.90 Å². The molecular weight excluding hydrogens is 292 g/mol. The Morgan fingerprint density at radius 1 is 1.22 bits per heavy atom. The van der Waals surface area contributed by atoms with Crippen LogP contribution in [0, 0.1) is 0 Å². The van der Waals surface area contributed by atoms with Crippen molar-refractivity contribution in [2.24, 2.45) is 0 Å². The van der Waals surface area contributed by atoms with Crippen LogP contribution in [-0.2, 0) is 9.53 Å². The van der Waals surface area contributed by atoms with Gasteiger partial charge in [0, 0.05) is 18.5 Å². The van der Waals surface area contributed by atoms with E-state index in [2.05, 4.69) is 10.2 Å². The van der Waals surface area contributed by atoms with Crippen LogP contribution in [0.5, 0.6) is 0 Å². The lowest BCUT2D eigenvalue weighted by Gasteiger charge is -2.60. The fourth-order valence-corrected chi connectivity index (χ4v) is 5.92. The first-order valence-electron chi connectivity index (χ1n) is 9.35. The predicted molar refractivity (Wildman–Crippen MR) is 84.9 cm³/mol. The molecule has 4 saturated heterocycles. The molecule has 126 valence electrons. The third-order valence-electron chi connectivity index (χ3n) is 6.87. The van der Waals surface area contributed by atoms with Crippen molar-refractivity contribution < 1.29 is 14.6 Å². The van der Waals surface area contributed by atoms with Gasteiger partial charge in [-0.2, -0.15) is 0 Å². The number of esters is 1. The Morgan fingerprint density at radius 2 is 2.09 bits per heavy atom. The van der Waals surface area contributed by atoms with Crippen LogP contribution in [0.4, 0.5) is 0 Å². The second-order valence-electron chi connectivity index (χ2n) is 7.97. The zero-order chi connectivity index (χ0) is 15.6. The fraction of sp³-hybridized carbons (Fsp3) is 0.833. The number of nitrogens with zero attached hydrogens (tertiary/aromatic N) is 1. The summed E-state index contributed by atoms with van der Waals surface area (Å²) >= 11 is 0. The molecule has 1 saturated carbocycles. The number of piperidine rings is 4. The van der Waals surface area contributed by atoms with E-state index in [1.807, 2.05) is 0 Å². The number of aliphatic hydroxyl groups is 1. The number of carbonyl (C=O) groups excluding carboxylic acids is 1. The van der Waals surface area contributed by atoms with Gasteiger partial charge in [-0.15, -0.1) is 0 Å². The van der Waals surface area contributed by atoms with Gasteiger partial charge < -0.3 is 15.2 Å². The Morgan fingerprint density at radius 3 is 2.91 bits per heavy atom. The molecule has 5 fully saturated rings. The largest absolute Gasteiger partial charge is 0.449 e. The Labute approximate surface area is 137 Å². The van der Waals surface area contributed by atoms with Gasteiger partial charge in [0.1, 0.15) is 0 Å². The molecule has 5 heterocycles. The summed E-state index contributed by atoms with van der Waals surface area (Å²) in [6.07, 6.45) is 7.95. The number of carbonyl (C=O) groups is 1. The second-order valence-corrected chi connectivity index (χ2v) is 7.97. The molecule has 0 aromatic carbocycles. The van der Waals surface area contributed by atoms with Gasteiger partial charge >= 0.3 is 5.97 Å². The molecule has 6 aliphatic rings. The highest BCUT2D eigenvalue weighted by Crippen LogP contribution is 2.55. The maximum absolute atomic E-state index is 12.8. The van der Waals surface area contributed by atoms with Crippen molar-refractivity contribution in [2.75, 3.05) is 13.1 Å². The van der Waals surface area contributed by atoms with Crippen molar-refractivity contribution >= 4 is 5.97 Å². The molecule has 0 radical (unpaired) electrons. The summed E-state index contributed by atoms with van der Waals surface area (Å²) in [4.78, 5) is 15.2. The molecule has 5 nitrogen and oxygen atoms in total. The van der Waals surface area contributed by atoms with Gasteiger partial charge in [0.15, 0.2) is 5.60 Å². The van der Waals surface area contributed by atoms with Gasteiger partial charge in [0.25, 0.3) is 0 Å². The highest BCUT2D eigenvalue weighted by molar-refractivity contribution is 5.95. The van der Waals surface area contributed by atoms with Gasteiger partial charge in [-0.05, 0) is 50.8 Å². The summed E-state index contributed by atoms with van der Waals surface area (Å²) in [7, 11) is 0. The Kier molecular flexibility index (Phi) is 3.16. The topological polar surface area (TPSA) is 61.8 Å². The minimum Gasteiger partial charge on any atom is -0.449 e. The minimum atomic E-state index is -0.528. The average Bonchev–Trinajstić information content (AvgIpc) is 2.87. The van der Waals surface area contributed by atoms with Crippen LogP contribution in [0.25, 0.3) is 0 Å². The molecule has 5 atom stereocenters. The van der Waals surface area contributed by atoms with E-state index in [1.165, 1.54) is 31.3 Å². The quantitative estimate of drug-likeness (QED) is 0.709. The summed E-state index contributed by atoms with van der Waals surface area (Å²) in [6, 6.07) is 0.642. The predicted octanol–water partition coefficient (Wildman–Crippen LogP) is 1.11. The number of nitrogens with one attached hydrogen (secondary N) is 1. The van der Waals surface area contributed by atoms with E-state index >= 15 is 0 Å². The molecule has 0 aromatic heterocycles. The minimum absolute atomic E-state index is 0.111. The van der Waals surface area contributed by atoms with Crippen LogP contribution >= 0.6 is 0 Å². The molecule has 0 unspecified atom stereocenters. The highest BCUT2D eigenvalue weighted by atomic mass is 16.6. The first-order valence-corrected chi connectivity index (χ1v) is 9.35. The van der Waals surface area contributed by atoms with Crippen molar-refractivity contribution in [3.05, 3.63) is 11.1 Å². The van der Waals surface area contributed by atoms with Crippen molar-refractivity contribution in [3.63, 3.8) is 0 Å². The van der Waals surface area contributed by atoms with Gasteiger partial charge in [-0.25, -0.2) is 4.79 Å². The maximum atomic E-state index is 12.8. The number of ether oxygens (including phenoxy) is 1. The van der Waals surface area contributed by atoms with Crippen LogP contribution in [-0.4, -0.2) is 58.9 Å². The number of fused-ring (bicyclic) bond motifs is 1. The molecule has 6 rings (SSSR count). The molecule has 5 heteroatoms. The van der Waals surface area contributed by atoms with Gasteiger partial charge in [-0.3, -0.25) is 4.90 Å². The summed E-state index contributed by atoms with van der Waals surface area (Å²) in [6.45, 7) is 2.03. The summed E-state index contributed by atoms with van der Waals surface area (Å²) < 4.78 is 6.09. The van der Waals surface area contributed by atoms with Crippen LogP contribution < -0.4 is 5.32 Å². The van der Waals surface area contributed by atoms with Crippen molar-refractivity contribution in [3.8, 4) is 0 Å². The molecule has 1 spiro atoms. The standard InChI is InChI=1S/C18H26N2O3/c21-14-10-18-11(9-13(14)20-8-4-2-6-15(18)20)16(17(22)23-18)12-5-1-3-7-19-12/h12-15,19,21H,1-10H2/t12-,13-,14-,15+,18+/m1/s1. The van der Waals surface area contributed by atoms with Crippen LogP contribution in [0.2, 0.25) is 0 Å². The fourth-order valence-electron chi connectivity index (χ4n) is 5.92. The normalized spacial score (nSPS) is 46.6. The van der Waals surface area contributed by atoms with Crippen molar-refractivity contribution in [1.29, 1.82) is 0 Å². The van der Waals surface area contributed by atoms with Gasteiger partial charge in [0.2, 0.25) is 0 Å². The first-order chi connectivity index (χ1) is 11.2. The van der Waals surface area contributed by atoms with E-state index in [0.29, 0.717) is 12.5 Å². The number of aliphatic hydroxyl groups excluding tert-OH is 1. The smallest absolute Gasteiger partial charge is 0.336 e. The van der Waals surface area contributed by atoms with Crippen molar-refractivity contribution in [1.82, 2.24) is 10.2 Å². The maximum Gasteiger partial charge on any atom is 0.336 e.